The molecule has 1 aliphatic rings. The average molecular weight is 270 g/mol. The SMILES string of the molecule is CC(Nc1cccc(Cl)n1)C(=O)N1CCOCC1. The fourth-order valence-electron chi connectivity index (χ4n) is 1.83. The molecule has 1 aromatic rings. The summed E-state index contributed by atoms with van der Waals surface area (Å²) < 4.78 is 5.22. The van der Waals surface area contributed by atoms with E-state index in [0.29, 0.717) is 37.3 Å². The minimum atomic E-state index is -0.325. The van der Waals surface area contributed by atoms with Crippen molar-refractivity contribution < 1.29 is 9.53 Å². The monoisotopic (exact) mass is 269 g/mol. The molecule has 1 aliphatic heterocycles. The zero-order valence-electron chi connectivity index (χ0n) is 10.2. The number of pyridine rings is 1. The number of morpholine rings is 1. The predicted molar refractivity (Wildman–Crippen MR) is 69.7 cm³/mol. The molecule has 0 aliphatic carbocycles. The number of ether oxygens (including phenoxy) is 1. The second kappa shape index (κ2) is 6.02. The number of carbonyl (C=O) groups is 1. The number of halogens is 1. The molecule has 2 rings (SSSR count). The lowest BCUT2D eigenvalue weighted by molar-refractivity contribution is -0.135. The molecule has 1 unspecified atom stereocenters. The van der Waals surface area contributed by atoms with E-state index in [2.05, 4.69) is 10.3 Å². The first-order chi connectivity index (χ1) is 8.66. The minimum Gasteiger partial charge on any atom is -0.378 e. The van der Waals surface area contributed by atoms with E-state index in [1.54, 1.807) is 23.1 Å². The lowest BCUT2D eigenvalue weighted by Gasteiger charge is -2.29. The van der Waals surface area contributed by atoms with Crippen LogP contribution in [0.25, 0.3) is 0 Å². The fraction of sp³-hybridized carbons (Fsp3) is 0.500. The Hall–Kier alpha value is -1.33. The van der Waals surface area contributed by atoms with E-state index in [9.17, 15) is 4.79 Å². The van der Waals surface area contributed by atoms with Gasteiger partial charge in [-0.1, -0.05) is 17.7 Å². The van der Waals surface area contributed by atoms with Crippen molar-refractivity contribution in [3.8, 4) is 0 Å². The third-order valence-electron chi connectivity index (χ3n) is 2.77. The van der Waals surface area contributed by atoms with Crippen LogP contribution in [0.3, 0.4) is 0 Å². The van der Waals surface area contributed by atoms with Gasteiger partial charge in [0.1, 0.15) is 17.0 Å². The van der Waals surface area contributed by atoms with Gasteiger partial charge >= 0.3 is 0 Å². The van der Waals surface area contributed by atoms with Crippen molar-refractivity contribution in [2.24, 2.45) is 0 Å². The first-order valence-electron chi connectivity index (χ1n) is 5.92. The van der Waals surface area contributed by atoms with Crippen LogP contribution in [-0.4, -0.2) is 48.1 Å². The van der Waals surface area contributed by atoms with Crippen LogP contribution in [0.4, 0.5) is 5.82 Å². The number of aromatic nitrogens is 1. The number of nitrogens with one attached hydrogen (secondary N) is 1. The summed E-state index contributed by atoms with van der Waals surface area (Å²) in [6.45, 7) is 4.32. The van der Waals surface area contributed by atoms with Gasteiger partial charge in [-0.25, -0.2) is 4.98 Å². The summed E-state index contributed by atoms with van der Waals surface area (Å²) in [5, 5.41) is 3.46. The normalized spacial score (nSPS) is 17.3. The lowest BCUT2D eigenvalue weighted by Crippen LogP contribution is -2.47. The topological polar surface area (TPSA) is 54.5 Å². The summed E-state index contributed by atoms with van der Waals surface area (Å²) in [5.41, 5.74) is 0. The Bertz CT molecular complexity index is 422. The molecule has 0 bridgehead atoms. The Labute approximate surface area is 111 Å². The summed E-state index contributed by atoms with van der Waals surface area (Å²) >= 11 is 5.79. The van der Waals surface area contributed by atoms with Gasteiger partial charge < -0.3 is 15.0 Å². The van der Waals surface area contributed by atoms with Gasteiger partial charge in [-0.2, -0.15) is 0 Å². The predicted octanol–water partition coefficient (Wildman–Crippen LogP) is 1.39. The fourth-order valence-corrected chi connectivity index (χ4v) is 1.99. The highest BCUT2D eigenvalue weighted by atomic mass is 35.5. The highest BCUT2D eigenvalue weighted by Crippen LogP contribution is 2.11. The summed E-state index contributed by atoms with van der Waals surface area (Å²) in [5.74, 6) is 0.664. The Morgan fingerprint density at radius 1 is 1.50 bits per heavy atom. The molecular weight excluding hydrogens is 254 g/mol. The van der Waals surface area contributed by atoms with Crippen LogP contribution in [0.2, 0.25) is 5.15 Å². The second-order valence-corrected chi connectivity index (χ2v) is 4.54. The van der Waals surface area contributed by atoms with E-state index >= 15 is 0 Å². The first kappa shape index (κ1) is 13.1. The molecule has 18 heavy (non-hydrogen) atoms. The summed E-state index contributed by atoms with van der Waals surface area (Å²) in [6, 6.07) is 4.95. The van der Waals surface area contributed by atoms with Gasteiger partial charge in [0.15, 0.2) is 0 Å². The number of rotatable bonds is 3. The maximum atomic E-state index is 12.1. The van der Waals surface area contributed by atoms with Crippen LogP contribution in [0.1, 0.15) is 6.92 Å². The van der Waals surface area contributed by atoms with Crippen LogP contribution in [0, 0.1) is 0 Å². The number of nitrogens with zero attached hydrogens (tertiary/aromatic N) is 2. The van der Waals surface area contributed by atoms with Crippen molar-refractivity contribution in [1.82, 2.24) is 9.88 Å². The van der Waals surface area contributed by atoms with Crippen LogP contribution < -0.4 is 5.32 Å². The van der Waals surface area contributed by atoms with Crippen molar-refractivity contribution in [3.05, 3.63) is 23.4 Å². The van der Waals surface area contributed by atoms with Gasteiger partial charge in [-0.05, 0) is 19.1 Å². The van der Waals surface area contributed by atoms with Crippen molar-refractivity contribution in [2.75, 3.05) is 31.6 Å². The molecule has 0 radical (unpaired) electrons. The summed E-state index contributed by atoms with van der Waals surface area (Å²) in [6.07, 6.45) is 0. The lowest BCUT2D eigenvalue weighted by atomic mass is 10.2. The largest absolute Gasteiger partial charge is 0.378 e. The Kier molecular flexibility index (Phi) is 4.38. The molecule has 98 valence electrons. The molecule has 1 amide bonds. The van der Waals surface area contributed by atoms with Crippen LogP contribution in [0.15, 0.2) is 18.2 Å². The molecule has 1 atom stereocenters. The average Bonchev–Trinajstić information content (AvgIpc) is 2.39. The van der Waals surface area contributed by atoms with Crippen LogP contribution in [-0.2, 0) is 9.53 Å². The molecule has 1 aromatic heterocycles. The van der Waals surface area contributed by atoms with Gasteiger partial charge in [-0.15, -0.1) is 0 Å². The molecule has 0 spiro atoms. The third kappa shape index (κ3) is 3.34. The zero-order valence-corrected chi connectivity index (χ0v) is 11.0. The van der Waals surface area contributed by atoms with Gasteiger partial charge in [0, 0.05) is 13.1 Å². The summed E-state index contributed by atoms with van der Waals surface area (Å²) in [4.78, 5) is 18.0. The molecular formula is C12H16ClN3O2. The molecule has 0 saturated carbocycles. The van der Waals surface area contributed by atoms with Gasteiger partial charge in [0.25, 0.3) is 0 Å². The molecule has 1 N–H and O–H groups in total. The van der Waals surface area contributed by atoms with E-state index in [-0.39, 0.29) is 11.9 Å². The number of carbonyl (C=O) groups excluding carboxylic acids is 1. The second-order valence-electron chi connectivity index (χ2n) is 4.15. The maximum Gasteiger partial charge on any atom is 0.244 e. The van der Waals surface area contributed by atoms with Gasteiger partial charge in [0.2, 0.25) is 5.91 Å². The van der Waals surface area contributed by atoms with Crippen molar-refractivity contribution in [2.45, 2.75) is 13.0 Å². The molecule has 1 saturated heterocycles. The van der Waals surface area contributed by atoms with E-state index < -0.39 is 0 Å². The molecule has 0 aromatic carbocycles. The Balaban J connectivity index is 1.94. The smallest absolute Gasteiger partial charge is 0.244 e. The van der Waals surface area contributed by atoms with Crippen molar-refractivity contribution in [1.29, 1.82) is 0 Å². The summed E-state index contributed by atoms with van der Waals surface area (Å²) in [7, 11) is 0. The third-order valence-corrected chi connectivity index (χ3v) is 2.98. The highest BCUT2D eigenvalue weighted by molar-refractivity contribution is 6.29. The molecule has 2 heterocycles. The zero-order chi connectivity index (χ0) is 13.0. The van der Waals surface area contributed by atoms with Crippen LogP contribution >= 0.6 is 11.6 Å². The van der Waals surface area contributed by atoms with Gasteiger partial charge in [0.05, 0.1) is 13.2 Å². The number of hydrogen-bond acceptors (Lipinski definition) is 4. The van der Waals surface area contributed by atoms with Crippen molar-refractivity contribution >= 4 is 23.3 Å². The number of hydrogen-bond donors (Lipinski definition) is 1. The molecule has 1 fully saturated rings. The van der Waals surface area contributed by atoms with E-state index in [0.717, 1.165) is 0 Å². The van der Waals surface area contributed by atoms with Crippen LogP contribution in [0.5, 0.6) is 0 Å². The molecule has 6 heteroatoms. The standard InChI is InChI=1S/C12H16ClN3O2/c1-9(12(17)16-5-7-18-8-6-16)14-11-4-2-3-10(13)15-11/h2-4,9H,5-8H2,1H3,(H,14,15). The van der Waals surface area contributed by atoms with E-state index in [1.807, 2.05) is 6.92 Å². The quantitative estimate of drug-likeness (QED) is 0.843. The Morgan fingerprint density at radius 3 is 2.89 bits per heavy atom. The minimum absolute atomic E-state index is 0.0556. The van der Waals surface area contributed by atoms with E-state index in [1.165, 1.54) is 0 Å². The maximum absolute atomic E-state index is 12.1. The number of amides is 1. The highest BCUT2D eigenvalue weighted by Gasteiger charge is 2.22. The van der Waals surface area contributed by atoms with Gasteiger partial charge in [-0.3, -0.25) is 4.79 Å². The number of anilines is 1. The Morgan fingerprint density at radius 2 is 2.22 bits per heavy atom. The van der Waals surface area contributed by atoms with Crippen molar-refractivity contribution in [3.63, 3.8) is 0 Å². The van der Waals surface area contributed by atoms with E-state index in [4.69, 9.17) is 16.3 Å². The first-order valence-corrected chi connectivity index (χ1v) is 6.30. The molecule has 5 nitrogen and oxygen atoms in total.